The monoisotopic (exact) mass is 946 g/mol. The topological polar surface area (TPSA) is 33.5 Å². The van der Waals surface area contributed by atoms with Gasteiger partial charge in [-0.15, -0.1) is 48.1 Å². The quantitative estimate of drug-likeness (QED) is 0.161. The third-order valence-corrected chi connectivity index (χ3v) is 11.1. The van der Waals surface area contributed by atoms with Crippen LogP contribution in [0.25, 0.3) is 27.6 Å². The van der Waals surface area contributed by atoms with Crippen molar-refractivity contribution in [2.75, 3.05) is 9.80 Å². The largest absolute Gasteiger partial charge is 0.509 e. The fourth-order valence-electron chi connectivity index (χ4n) is 7.57. The Labute approximate surface area is 360 Å². The Kier molecular flexibility index (Phi) is 10.5. The first-order valence-corrected chi connectivity index (χ1v) is 20.1. The maximum Gasteiger partial charge on any atom is 0.135 e. The van der Waals surface area contributed by atoms with E-state index in [-0.39, 0.29) is 42.7 Å². The zero-order chi connectivity index (χ0) is 40.7. The summed E-state index contributed by atoms with van der Waals surface area (Å²) >= 11 is 0. The molecule has 0 saturated carbocycles. The summed E-state index contributed by atoms with van der Waals surface area (Å²) in [6.07, 6.45) is 1.90. The predicted octanol–water partition coefficient (Wildman–Crippen LogP) is 14.2. The van der Waals surface area contributed by atoms with E-state index in [4.69, 9.17) is 9.72 Å². The summed E-state index contributed by atoms with van der Waals surface area (Å²) in [6.45, 7) is 29.4. The van der Waals surface area contributed by atoms with Crippen LogP contribution >= 0.6 is 0 Å². The number of fused-ring (bicyclic) bond motifs is 4. The molecule has 302 valence electrons. The Hall–Kier alpha value is -4.86. The van der Waals surface area contributed by atoms with Crippen LogP contribution in [0.4, 0.5) is 22.7 Å². The molecule has 0 saturated heterocycles. The molecule has 0 spiro atoms. The van der Waals surface area contributed by atoms with E-state index in [2.05, 4.69) is 201 Å². The number of benzene rings is 5. The minimum absolute atomic E-state index is 0. The van der Waals surface area contributed by atoms with Crippen LogP contribution in [0.5, 0.6) is 11.5 Å². The number of pyridine rings is 1. The summed E-state index contributed by atoms with van der Waals surface area (Å²) in [5.74, 6) is 2.09. The molecule has 0 amide bonds. The predicted molar refractivity (Wildman–Crippen MR) is 239 cm³/mol. The van der Waals surface area contributed by atoms with Crippen LogP contribution in [-0.4, -0.2) is 9.55 Å². The smallest absolute Gasteiger partial charge is 0.135 e. The van der Waals surface area contributed by atoms with Gasteiger partial charge in [0.15, 0.2) is 0 Å². The molecule has 8 rings (SSSR count). The van der Waals surface area contributed by atoms with Gasteiger partial charge in [-0.05, 0) is 91.8 Å². The molecule has 3 heterocycles. The molecule has 2 aromatic heterocycles. The van der Waals surface area contributed by atoms with E-state index in [9.17, 15) is 0 Å². The van der Waals surface area contributed by atoms with E-state index < -0.39 is 0 Å². The second kappa shape index (κ2) is 14.8. The summed E-state index contributed by atoms with van der Waals surface area (Å²) in [5, 5.41) is 2.25. The molecular formula is C52H55N4OPt-3. The standard InChI is InChI=1S/C52H55N4O.Pt/c1-49(2,3)34-20-23-45-47(29-34)54(33-55(45)39-27-36(51(7,8)9)26-37(28-39)52(10,11)12)38-16-15-17-40(31-38)57-41-21-22-43-42-18-13-14-19-44(42)56(46(43)32-41)48-30-35(24-25-53-48)50(4,5)6;/h13-30,33H,1-12H3;/q-3;. The van der Waals surface area contributed by atoms with Crippen molar-refractivity contribution in [1.82, 2.24) is 9.55 Å². The maximum atomic E-state index is 6.64. The van der Waals surface area contributed by atoms with Gasteiger partial charge < -0.3 is 19.1 Å². The van der Waals surface area contributed by atoms with Gasteiger partial charge in [0.1, 0.15) is 5.82 Å². The van der Waals surface area contributed by atoms with Crippen LogP contribution in [0.1, 0.15) is 105 Å². The maximum absolute atomic E-state index is 6.64. The Morgan fingerprint density at radius 3 is 1.84 bits per heavy atom. The molecule has 6 heteroatoms. The second-order valence-corrected chi connectivity index (χ2v) is 19.7. The summed E-state index contributed by atoms with van der Waals surface area (Å²) in [6, 6.07) is 44.2. The van der Waals surface area contributed by atoms with Crippen molar-refractivity contribution in [2.24, 2.45) is 0 Å². The molecule has 0 aliphatic carbocycles. The first-order chi connectivity index (χ1) is 26.8. The first-order valence-electron chi connectivity index (χ1n) is 20.1. The van der Waals surface area contributed by atoms with Crippen molar-refractivity contribution in [3.63, 3.8) is 0 Å². The average molecular weight is 947 g/mol. The van der Waals surface area contributed by atoms with Crippen molar-refractivity contribution in [2.45, 2.75) is 105 Å². The minimum atomic E-state index is -0.0190. The third kappa shape index (κ3) is 7.83. The summed E-state index contributed by atoms with van der Waals surface area (Å²) in [5.41, 5.74) is 11.4. The average Bonchev–Trinajstić information content (AvgIpc) is 3.69. The van der Waals surface area contributed by atoms with E-state index in [0.29, 0.717) is 11.5 Å². The number of aromatic nitrogens is 2. The van der Waals surface area contributed by atoms with Gasteiger partial charge in [-0.3, -0.25) is 0 Å². The van der Waals surface area contributed by atoms with Crippen molar-refractivity contribution >= 4 is 44.6 Å². The van der Waals surface area contributed by atoms with Gasteiger partial charge in [0.25, 0.3) is 0 Å². The summed E-state index contributed by atoms with van der Waals surface area (Å²) < 4.78 is 8.83. The summed E-state index contributed by atoms with van der Waals surface area (Å²) in [7, 11) is 0. The molecular weight excluding hydrogens is 892 g/mol. The zero-order valence-corrected chi connectivity index (χ0v) is 38.3. The van der Waals surface area contributed by atoms with Gasteiger partial charge in [0.05, 0.1) is 0 Å². The first kappa shape index (κ1) is 41.3. The van der Waals surface area contributed by atoms with Crippen LogP contribution in [0.15, 0.2) is 109 Å². The molecule has 1 aliphatic heterocycles. The van der Waals surface area contributed by atoms with E-state index >= 15 is 0 Å². The van der Waals surface area contributed by atoms with Gasteiger partial charge >= 0.3 is 0 Å². The number of hydrogen-bond donors (Lipinski definition) is 0. The molecule has 1 aliphatic rings. The Balaban J connectivity index is 0.00000512. The zero-order valence-electron chi connectivity index (χ0n) is 36.0. The van der Waals surface area contributed by atoms with Gasteiger partial charge in [-0.1, -0.05) is 119 Å². The molecule has 0 bridgehead atoms. The third-order valence-electron chi connectivity index (χ3n) is 11.1. The van der Waals surface area contributed by atoms with Crippen molar-refractivity contribution in [3.05, 3.63) is 150 Å². The normalized spacial score (nSPS) is 13.6. The van der Waals surface area contributed by atoms with Crippen molar-refractivity contribution in [1.29, 1.82) is 0 Å². The molecule has 5 aromatic carbocycles. The van der Waals surface area contributed by atoms with E-state index in [1.54, 1.807) is 0 Å². The second-order valence-electron chi connectivity index (χ2n) is 19.7. The molecule has 0 unspecified atom stereocenters. The van der Waals surface area contributed by atoms with Crippen LogP contribution in [0, 0.1) is 18.8 Å². The Morgan fingerprint density at radius 2 is 1.17 bits per heavy atom. The van der Waals surface area contributed by atoms with Gasteiger partial charge in [0.2, 0.25) is 0 Å². The van der Waals surface area contributed by atoms with E-state index in [1.807, 2.05) is 24.4 Å². The van der Waals surface area contributed by atoms with Gasteiger partial charge in [-0.2, -0.15) is 12.1 Å². The Morgan fingerprint density at radius 1 is 0.534 bits per heavy atom. The van der Waals surface area contributed by atoms with Gasteiger partial charge in [0, 0.05) is 61.3 Å². The number of hydrogen-bond acceptors (Lipinski definition) is 4. The van der Waals surface area contributed by atoms with Crippen LogP contribution in [0.3, 0.4) is 0 Å². The molecule has 7 aromatic rings. The van der Waals surface area contributed by atoms with E-state index in [1.165, 1.54) is 22.3 Å². The van der Waals surface area contributed by atoms with Crippen LogP contribution in [-0.2, 0) is 42.7 Å². The van der Waals surface area contributed by atoms with Crippen LogP contribution in [0.2, 0.25) is 0 Å². The number of para-hydroxylation sites is 1. The van der Waals surface area contributed by atoms with Crippen molar-refractivity contribution < 1.29 is 25.8 Å². The minimum Gasteiger partial charge on any atom is -0.509 e. The Bertz CT molecular complexity index is 2610. The van der Waals surface area contributed by atoms with Crippen molar-refractivity contribution in [3.8, 4) is 17.3 Å². The molecule has 0 radical (unpaired) electrons. The molecule has 58 heavy (non-hydrogen) atoms. The number of rotatable bonds is 5. The molecule has 0 atom stereocenters. The number of nitrogens with zero attached hydrogens (tertiary/aromatic N) is 4. The molecule has 0 N–H and O–H groups in total. The SMILES string of the molecule is CC(C)(C)c1cc(N2[CH-]N(c3[c-]c(Oc4[c-]c5c(cc4)c4ccccc4n5-c4cc(C(C)(C)C)ccn4)ccc3)c3cc(C(C)(C)C)ccc32)cc(C(C)(C)C)c1.[Pt]. The number of anilines is 4. The van der Waals surface area contributed by atoms with E-state index in [0.717, 1.165) is 50.4 Å². The molecule has 5 nitrogen and oxygen atoms in total. The molecule has 0 fully saturated rings. The number of ether oxygens (including phenoxy) is 1. The van der Waals surface area contributed by atoms with Gasteiger partial charge in [-0.25, -0.2) is 4.98 Å². The van der Waals surface area contributed by atoms with Crippen LogP contribution < -0.4 is 14.5 Å². The summed E-state index contributed by atoms with van der Waals surface area (Å²) in [4.78, 5) is 9.43. The fraction of sp³-hybridized carbons (Fsp3) is 0.308. The fourth-order valence-corrected chi connectivity index (χ4v) is 7.57.